The third kappa shape index (κ3) is 3.68. The first-order chi connectivity index (χ1) is 14.4. The van der Waals surface area contributed by atoms with Crippen molar-refractivity contribution in [2.75, 3.05) is 19.4 Å². The van der Waals surface area contributed by atoms with Gasteiger partial charge in [0.25, 0.3) is 5.91 Å². The van der Waals surface area contributed by atoms with Crippen LogP contribution in [0.3, 0.4) is 0 Å². The second-order valence-electron chi connectivity index (χ2n) is 6.54. The molecule has 1 amide bonds. The number of methoxy groups -OCH3 is 1. The molecule has 0 radical (unpaired) electrons. The van der Waals surface area contributed by atoms with E-state index in [4.69, 9.17) is 9.15 Å². The van der Waals surface area contributed by atoms with Crippen molar-refractivity contribution in [1.82, 2.24) is 4.90 Å². The van der Waals surface area contributed by atoms with E-state index in [0.29, 0.717) is 28.8 Å². The Morgan fingerprint density at radius 1 is 1.30 bits per heavy atom. The van der Waals surface area contributed by atoms with E-state index in [0.717, 1.165) is 4.47 Å². The van der Waals surface area contributed by atoms with E-state index in [-0.39, 0.29) is 17.0 Å². The topological polar surface area (TPSA) is 103 Å². The number of fused-ring (bicyclic) bond motifs is 1. The Hall–Kier alpha value is -2.85. The molecule has 1 fully saturated rings. The molecule has 4 rings (SSSR count). The molecule has 3 aromatic rings. The molecule has 0 N–H and O–H groups in total. The second kappa shape index (κ2) is 8.11. The van der Waals surface area contributed by atoms with Crippen LogP contribution >= 0.6 is 27.7 Å². The van der Waals surface area contributed by atoms with E-state index in [1.807, 2.05) is 0 Å². The monoisotopic (exact) mass is 490 g/mol. The van der Waals surface area contributed by atoms with Crippen LogP contribution in [-0.4, -0.2) is 35.1 Å². The summed E-state index contributed by atoms with van der Waals surface area (Å²) in [5.41, 5.74) is 0.0106. The second-order valence-corrected chi connectivity index (χ2v) is 8.64. The molecule has 10 heteroatoms. The van der Waals surface area contributed by atoms with Crippen LogP contribution in [0.25, 0.3) is 11.0 Å². The number of nitrogens with zero attached hydrogens (tertiary/aromatic N) is 2. The SMILES string of the molecule is COc1ccc([C@@H]2SCCN2C(=O)c2cc3cc(Br)ccc3oc2=O)cc1[N+](=O)[O-]. The molecule has 8 nitrogen and oxygen atoms in total. The highest BCUT2D eigenvalue weighted by Crippen LogP contribution is 2.41. The van der Waals surface area contributed by atoms with Gasteiger partial charge in [-0.1, -0.05) is 22.0 Å². The maximum Gasteiger partial charge on any atom is 0.349 e. The molecular weight excluding hydrogens is 476 g/mol. The molecule has 0 bridgehead atoms. The van der Waals surface area contributed by atoms with Crippen LogP contribution < -0.4 is 10.4 Å². The molecule has 1 aromatic heterocycles. The van der Waals surface area contributed by atoms with Gasteiger partial charge in [-0.3, -0.25) is 14.9 Å². The lowest BCUT2D eigenvalue weighted by molar-refractivity contribution is -0.385. The summed E-state index contributed by atoms with van der Waals surface area (Å²) < 4.78 is 11.2. The largest absolute Gasteiger partial charge is 0.490 e. The molecule has 1 aliphatic rings. The fourth-order valence-electron chi connectivity index (χ4n) is 3.36. The van der Waals surface area contributed by atoms with Gasteiger partial charge < -0.3 is 14.1 Å². The summed E-state index contributed by atoms with van der Waals surface area (Å²) in [4.78, 5) is 38.0. The van der Waals surface area contributed by atoms with E-state index < -0.39 is 21.8 Å². The minimum atomic E-state index is -0.716. The number of benzene rings is 2. The third-order valence-corrected chi connectivity index (χ3v) is 6.52. The average Bonchev–Trinajstić information content (AvgIpc) is 3.22. The normalized spacial score (nSPS) is 16.1. The third-order valence-electron chi connectivity index (χ3n) is 4.76. The van der Waals surface area contributed by atoms with Gasteiger partial charge in [-0.05, 0) is 35.9 Å². The quantitative estimate of drug-likeness (QED) is 0.304. The maximum atomic E-state index is 13.2. The highest BCUT2D eigenvalue weighted by Gasteiger charge is 2.34. The van der Waals surface area contributed by atoms with Crippen molar-refractivity contribution in [1.29, 1.82) is 0 Å². The molecule has 2 heterocycles. The van der Waals surface area contributed by atoms with E-state index >= 15 is 0 Å². The van der Waals surface area contributed by atoms with E-state index in [2.05, 4.69) is 15.9 Å². The lowest BCUT2D eigenvalue weighted by Gasteiger charge is -2.24. The van der Waals surface area contributed by atoms with Crippen LogP contribution in [0.15, 0.2) is 56.1 Å². The number of hydrogen-bond acceptors (Lipinski definition) is 7. The summed E-state index contributed by atoms with van der Waals surface area (Å²) in [6.45, 7) is 0.407. The Kier molecular flexibility index (Phi) is 5.52. The van der Waals surface area contributed by atoms with Gasteiger partial charge >= 0.3 is 11.3 Å². The van der Waals surface area contributed by atoms with Crippen molar-refractivity contribution < 1.29 is 18.9 Å². The minimum Gasteiger partial charge on any atom is -0.490 e. The minimum absolute atomic E-state index is 0.0730. The predicted octanol–water partition coefficient (Wildman–Crippen LogP) is 4.36. The van der Waals surface area contributed by atoms with Crippen molar-refractivity contribution in [2.24, 2.45) is 0 Å². The highest BCUT2D eigenvalue weighted by molar-refractivity contribution is 9.10. The molecule has 1 aliphatic heterocycles. The summed E-state index contributed by atoms with van der Waals surface area (Å²) in [5.74, 6) is 0.310. The molecule has 0 spiro atoms. The summed E-state index contributed by atoms with van der Waals surface area (Å²) in [7, 11) is 1.36. The van der Waals surface area contributed by atoms with E-state index in [1.54, 1.807) is 24.3 Å². The van der Waals surface area contributed by atoms with Crippen LogP contribution in [0.5, 0.6) is 5.75 Å². The number of rotatable bonds is 4. The lowest BCUT2D eigenvalue weighted by atomic mass is 10.1. The predicted molar refractivity (Wildman–Crippen MR) is 116 cm³/mol. The molecule has 0 saturated carbocycles. The van der Waals surface area contributed by atoms with Crippen molar-refractivity contribution >= 4 is 50.3 Å². The zero-order valence-electron chi connectivity index (χ0n) is 15.7. The summed E-state index contributed by atoms with van der Waals surface area (Å²) in [6, 6.07) is 11.3. The van der Waals surface area contributed by atoms with Gasteiger partial charge in [0.2, 0.25) is 0 Å². The van der Waals surface area contributed by atoms with Crippen LogP contribution in [0.1, 0.15) is 21.3 Å². The molecular formula is C20H15BrN2O6S. The Balaban J connectivity index is 1.72. The molecule has 0 aliphatic carbocycles. The van der Waals surface area contributed by atoms with Crippen LogP contribution in [0.4, 0.5) is 5.69 Å². The van der Waals surface area contributed by atoms with E-state index in [1.165, 1.54) is 42.0 Å². The summed E-state index contributed by atoms with van der Waals surface area (Å²) >= 11 is 4.84. The van der Waals surface area contributed by atoms with Gasteiger partial charge in [-0.15, -0.1) is 11.8 Å². The molecule has 30 heavy (non-hydrogen) atoms. The first-order valence-corrected chi connectivity index (χ1v) is 10.7. The van der Waals surface area contributed by atoms with Gasteiger partial charge in [-0.2, -0.15) is 0 Å². The van der Waals surface area contributed by atoms with E-state index in [9.17, 15) is 19.7 Å². The Morgan fingerprint density at radius 2 is 2.10 bits per heavy atom. The lowest BCUT2D eigenvalue weighted by Crippen LogP contribution is -2.33. The number of carbonyl (C=O) groups excluding carboxylic acids is 1. The molecule has 0 unspecified atom stereocenters. The van der Waals surface area contributed by atoms with Gasteiger partial charge in [0.05, 0.1) is 12.0 Å². The Bertz CT molecular complexity index is 1230. The number of hydrogen-bond donors (Lipinski definition) is 0. The first-order valence-electron chi connectivity index (χ1n) is 8.87. The maximum absolute atomic E-state index is 13.2. The smallest absolute Gasteiger partial charge is 0.349 e. The Morgan fingerprint density at radius 3 is 2.83 bits per heavy atom. The molecule has 2 aromatic carbocycles. The number of halogens is 1. The van der Waals surface area contributed by atoms with Gasteiger partial charge in [0.15, 0.2) is 5.75 Å². The fourth-order valence-corrected chi connectivity index (χ4v) is 4.98. The number of carbonyl (C=O) groups is 1. The summed E-state index contributed by atoms with van der Waals surface area (Å²) in [6.07, 6.45) is 0. The number of nitro groups is 1. The van der Waals surface area contributed by atoms with Crippen molar-refractivity contribution in [3.8, 4) is 5.75 Å². The van der Waals surface area contributed by atoms with Crippen molar-refractivity contribution in [3.05, 3.63) is 78.6 Å². The number of ether oxygens (including phenoxy) is 1. The number of amides is 1. The van der Waals surface area contributed by atoms with Crippen molar-refractivity contribution in [2.45, 2.75) is 5.37 Å². The molecule has 1 saturated heterocycles. The first kappa shape index (κ1) is 20.4. The zero-order valence-corrected chi connectivity index (χ0v) is 18.1. The average molecular weight is 491 g/mol. The van der Waals surface area contributed by atoms with Gasteiger partial charge in [-0.25, -0.2) is 4.79 Å². The molecule has 154 valence electrons. The number of nitro benzene ring substituents is 1. The van der Waals surface area contributed by atoms with Gasteiger partial charge in [0.1, 0.15) is 16.5 Å². The number of thioether (sulfide) groups is 1. The van der Waals surface area contributed by atoms with Crippen LogP contribution in [0.2, 0.25) is 0 Å². The Labute approximate surface area is 183 Å². The fraction of sp³-hybridized carbons (Fsp3) is 0.200. The van der Waals surface area contributed by atoms with Gasteiger partial charge in [0, 0.05) is 28.2 Å². The van der Waals surface area contributed by atoms with Crippen molar-refractivity contribution in [3.63, 3.8) is 0 Å². The summed E-state index contributed by atoms with van der Waals surface area (Å²) in [5, 5.41) is 11.5. The standard InChI is InChI=1S/C20H15BrN2O6S/c1-28-17-4-2-11(10-15(17)23(26)27)19-22(6-7-30-19)18(24)14-9-12-8-13(21)3-5-16(12)29-20(14)25/h2-5,8-10,19H,6-7H2,1H3/t19-/m0/s1. The zero-order chi connectivity index (χ0) is 21.4. The highest BCUT2D eigenvalue weighted by atomic mass is 79.9. The van der Waals surface area contributed by atoms with Crippen LogP contribution in [-0.2, 0) is 0 Å². The van der Waals surface area contributed by atoms with Crippen LogP contribution in [0, 0.1) is 10.1 Å². The molecule has 1 atom stereocenters.